The molecule has 0 bridgehead atoms. The Hall–Kier alpha value is -1.12. The number of hydrogen-bond donors (Lipinski definition) is 2. The molecule has 1 amide bonds. The van der Waals surface area contributed by atoms with Crippen molar-refractivity contribution in [3.8, 4) is 0 Å². The molecule has 1 aromatic carbocycles. The number of nitrogens with two attached hydrogens (primary N) is 1. The number of hydrogen-bond acceptors (Lipinski definition) is 3. The zero-order chi connectivity index (χ0) is 14.6. The number of methoxy groups -OCH3 is 1. The third kappa shape index (κ3) is 4.48. The minimum absolute atomic E-state index is 0.00591. The quantitative estimate of drug-likeness (QED) is 0.884. The molecular formula is C11H12BrF3N2O2. The van der Waals surface area contributed by atoms with Gasteiger partial charge in [0.05, 0.1) is 17.9 Å². The molecule has 0 aromatic heterocycles. The maximum atomic E-state index is 12.5. The molecule has 1 rings (SSSR count). The number of benzene rings is 1. The average molecular weight is 341 g/mol. The second-order valence-corrected chi connectivity index (χ2v) is 4.60. The largest absolute Gasteiger partial charge is 0.416 e. The van der Waals surface area contributed by atoms with Crippen LogP contribution in [-0.4, -0.2) is 25.7 Å². The first-order chi connectivity index (χ1) is 8.75. The van der Waals surface area contributed by atoms with E-state index < -0.39 is 23.7 Å². The Balaban J connectivity index is 2.92. The Morgan fingerprint density at radius 2 is 2.16 bits per heavy atom. The highest BCUT2D eigenvalue weighted by Gasteiger charge is 2.31. The second kappa shape index (κ2) is 6.36. The summed E-state index contributed by atoms with van der Waals surface area (Å²) in [6.07, 6.45) is -4.48. The number of carbonyl (C=O) groups excluding carboxylic acids is 1. The number of alkyl halides is 3. The fourth-order valence-electron chi connectivity index (χ4n) is 1.28. The standard InChI is InChI=1S/C11H12BrF3N2O2/c1-19-5-8(16)10(18)17-9-4-6(11(13,14)15)2-3-7(9)12/h2-4,8H,5,16H2,1H3,(H,17,18). The lowest BCUT2D eigenvalue weighted by atomic mass is 10.2. The van der Waals surface area contributed by atoms with Gasteiger partial charge in [0, 0.05) is 11.6 Å². The molecule has 106 valence electrons. The fourth-order valence-corrected chi connectivity index (χ4v) is 1.62. The van der Waals surface area contributed by atoms with E-state index in [9.17, 15) is 18.0 Å². The summed E-state index contributed by atoms with van der Waals surface area (Å²) in [5, 5.41) is 2.32. The van der Waals surface area contributed by atoms with Gasteiger partial charge in [0.1, 0.15) is 6.04 Å². The molecule has 0 saturated carbocycles. The number of nitrogens with one attached hydrogen (secondary N) is 1. The van der Waals surface area contributed by atoms with Crippen LogP contribution in [0.2, 0.25) is 0 Å². The summed E-state index contributed by atoms with van der Waals surface area (Å²) in [5.41, 5.74) is 4.63. The van der Waals surface area contributed by atoms with E-state index in [1.807, 2.05) is 0 Å². The van der Waals surface area contributed by atoms with Crippen molar-refractivity contribution < 1.29 is 22.7 Å². The zero-order valence-electron chi connectivity index (χ0n) is 9.92. The van der Waals surface area contributed by atoms with Gasteiger partial charge < -0.3 is 15.8 Å². The summed E-state index contributed by atoms with van der Waals surface area (Å²) in [4.78, 5) is 11.6. The van der Waals surface area contributed by atoms with Gasteiger partial charge in [-0.05, 0) is 34.1 Å². The minimum Gasteiger partial charge on any atom is -0.383 e. The van der Waals surface area contributed by atoms with Crippen LogP contribution in [-0.2, 0) is 15.7 Å². The topological polar surface area (TPSA) is 64.3 Å². The first kappa shape index (κ1) is 15.9. The highest BCUT2D eigenvalue weighted by Crippen LogP contribution is 2.33. The van der Waals surface area contributed by atoms with E-state index >= 15 is 0 Å². The van der Waals surface area contributed by atoms with Crippen molar-refractivity contribution in [2.45, 2.75) is 12.2 Å². The molecule has 0 radical (unpaired) electrons. The highest BCUT2D eigenvalue weighted by atomic mass is 79.9. The normalized spacial score (nSPS) is 13.2. The van der Waals surface area contributed by atoms with Gasteiger partial charge in [0.25, 0.3) is 0 Å². The van der Waals surface area contributed by atoms with Crippen molar-refractivity contribution in [3.05, 3.63) is 28.2 Å². The number of rotatable bonds is 4. The van der Waals surface area contributed by atoms with E-state index in [0.717, 1.165) is 12.1 Å². The lowest BCUT2D eigenvalue weighted by molar-refractivity contribution is -0.137. The van der Waals surface area contributed by atoms with Gasteiger partial charge in [-0.2, -0.15) is 13.2 Å². The molecule has 0 aliphatic rings. The van der Waals surface area contributed by atoms with Gasteiger partial charge in [-0.3, -0.25) is 4.79 Å². The maximum Gasteiger partial charge on any atom is 0.416 e. The van der Waals surface area contributed by atoms with Crippen LogP contribution in [0.4, 0.5) is 18.9 Å². The molecule has 19 heavy (non-hydrogen) atoms. The first-order valence-corrected chi connectivity index (χ1v) is 5.97. The monoisotopic (exact) mass is 340 g/mol. The van der Waals surface area contributed by atoms with Crippen molar-refractivity contribution in [3.63, 3.8) is 0 Å². The van der Waals surface area contributed by atoms with Crippen LogP contribution in [0.25, 0.3) is 0 Å². The van der Waals surface area contributed by atoms with Gasteiger partial charge in [-0.25, -0.2) is 0 Å². The Morgan fingerprint density at radius 1 is 1.53 bits per heavy atom. The number of carbonyl (C=O) groups is 1. The SMILES string of the molecule is COCC(N)C(=O)Nc1cc(C(F)(F)F)ccc1Br. The Kier molecular flexibility index (Phi) is 5.33. The van der Waals surface area contributed by atoms with E-state index in [1.54, 1.807) is 0 Å². The molecule has 0 aliphatic carbocycles. The van der Waals surface area contributed by atoms with Crippen molar-refractivity contribution in [1.29, 1.82) is 0 Å². The fraction of sp³-hybridized carbons (Fsp3) is 0.364. The third-order valence-corrected chi connectivity index (χ3v) is 2.93. The molecule has 3 N–H and O–H groups in total. The summed E-state index contributed by atoms with van der Waals surface area (Å²) in [7, 11) is 1.37. The Labute approximate surface area is 116 Å². The number of halogens is 4. The predicted octanol–water partition coefficient (Wildman–Crippen LogP) is 2.38. The molecular weight excluding hydrogens is 329 g/mol. The lowest BCUT2D eigenvalue weighted by Gasteiger charge is -2.14. The lowest BCUT2D eigenvalue weighted by Crippen LogP contribution is -2.39. The van der Waals surface area contributed by atoms with Gasteiger partial charge in [0.2, 0.25) is 5.91 Å². The van der Waals surface area contributed by atoms with E-state index in [4.69, 9.17) is 10.5 Å². The van der Waals surface area contributed by atoms with Gasteiger partial charge in [-0.15, -0.1) is 0 Å². The number of anilines is 1. The maximum absolute atomic E-state index is 12.5. The molecule has 4 nitrogen and oxygen atoms in total. The van der Waals surface area contributed by atoms with Crippen LogP contribution >= 0.6 is 15.9 Å². The van der Waals surface area contributed by atoms with Crippen molar-refractivity contribution in [2.75, 3.05) is 19.0 Å². The summed E-state index contributed by atoms with van der Waals surface area (Å²) in [6, 6.07) is 2.00. The van der Waals surface area contributed by atoms with E-state index in [1.165, 1.54) is 13.2 Å². The molecule has 0 aliphatic heterocycles. The number of ether oxygens (including phenoxy) is 1. The van der Waals surface area contributed by atoms with Crippen molar-refractivity contribution >= 4 is 27.5 Å². The van der Waals surface area contributed by atoms with E-state index in [2.05, 4.69) is 21.2 Å². The Bertz CT molecular complexity index is 466. The van der Waals surface area contributed by atoms with E-state index in [0.29, 0.717) is 4.47 Å². The summed E-state index contributed by atoms with van der Waals surface area (Å²) >= 11 is 3.06. The van der Waals surface area contributed by atoms with Crippen LogP contribution in [0.5, 0.6) is 0 Å². The van der Waals surface area contributed by atoms with Crippen LogP contribution in [0.1, 0.15) is 5.56 Å². The Morgan fingerprint density at radius 3 is 2.68 bits per heavy atom. The van der Waals surface area contributed by atoms with Gasteiger partial charge in [-0.1, -0.05) is 0 Å². The second-order valence-electron chi connectivity index (χ2n) is 3.74. The predicted molar refractivity (Wildman–Crippen MR) is 67.6 cm³/mol. The third-order valence-electron chi connectivity index (χ3n) is 2.23. The molecule has 0 heterocycles. The van der Waals surface area contributed by atoms with Gasteiger partial charge in [0.15, 0.2) is 0 Å². The smallest absolute Gasteiger partial charge is 0.383 e. The molecule has 1 unspecified atom stereocenters. The number of amides is 1. The van der Waals surface area contributed by atoms with Crippen molar-refractivity contribution in [2.24, 2.45) is 5.73 Å². The van der Waals surface area contributed by atoms with Crippen LogP contribution < -0.4 is 11.1 Å². The molecule has 8 heteroatoms. The summed E-state index contributed by atoms with van der Waals surface area (Å²) in [5.74, 6) is -0.623. The minimum atomic E-state index is -4.48. The van der Waals surface area contributed by atoms with Gasteiger partial charge >= 0.3 is 6.18 Å². The average Bonchev–Trinajstić information content (AvgIpc) is 2.30. The summed E-state index contributed by atoms with van der Waals surface area (Å²) in [6.45, 7) is -0.0254. The highest BCUT2D eigenvalue weighted by molar-refractivity contribution is 9.10. The van der Waals surface area contributed by atoms with Crippen LogP contribution in [0.3, 0.4) is 0 Å². The molecule has 0 fully saturated rings. The first-order valence-electron chi connectivity index (χ1n) is 5.18. The molecule has 1 atom stereocenters. The molecule has 0 spiro atoms. The zero-order valence-corrected chi connectivity index (χ0v) is 11.5. The van der Waals surface area contributed by atoms with Crippen LogP contribution in [0.15, 0.2) is 22.7 Å². The summed E-state index contributed by atoms with van der Waals surface area (Å²) < 4.78 is 42.7. The van der Waals surface area contributed by atoms with Crippen LogP contribution in [0, 0.1) is 0 Å². The van der Waals surface area contributed by atoms with E-state index in [-0.39, 0.29) is 12.3 Å². The molecule has 0 saturated heterocycles. The molecule has 1 aromatic rings. The van der Waals surface area contributed by atoms with Crippen molar-refractivity contribution in [1.82, 2.24) is 0 Å².